The zero-order chi connectivity index (χ0) is 15.9. The smallest absolute Gasteiger partial charge is 0.252 e. The predicted octanol–water partition coefficient (Wildman–Crippen LogP) is 2.37. The normalized spacial score (nSPS) is 10.9. The first-order chi connectivity index (χ1) is 10.6. The van der Waals surface area contributed by atoms with Gasteiger partial charge in [0.1, 0.15) is 0 Å². The summed E-state index contributed by atoms with van der Waals surface area (Å²) in [6, 6.07) is 9.58. The van der Waals surface area contributed by atoms with Crippen LogP contribution in [0.1, 0.15) is 25.1 Å². The molecule has 0 aliphatic rings. The lowest BCUT2D eigenvalue weighted by Gasteiger charge is -2.20. The molecule has 0 fully saturated rings. The molecular weight excluding hydrogens is 278 g/mol. The number of hydrogen-bond donors (Lipinski definition) is 2. The van der Waals surface area contributed by atoms with Gasteiger partial charge in [-0.05, 0) is 38.5 Å². The van der Waals surface area contributed by atoms with Gasteiger partial charge in [0.15, 0.2) is 0 Å². The summed E-state index contributed by atoms with van der Waals surface area (Å²) in [5.74, 6) is 0.334. The van der Waals surface area contributed by atoms with E-state index in [-0.39, 0.29) is 5.56 Å². The summed E-state index contributed by atoms with van der Waals surface area (Å²) in [6.45, 7) is 8.00. The molecule has 116 valence electrons. The molecule has 1 heterocycles. The molecule has 0 aliphatic carbocycles. The second kappa shape index (κ2) is 7.40. The van der Waals surface area contributed by atoms with Crippen LogP contribution < -0.4 is 15.9 Å². The number of aryl methyl sites for hydroxylation is 1. The summed E-state index contributed by atoms with van der Waals surface area (Å²) in [6.07, 6.45) is 1.69. The van der Waals surface area contributed by atoms with Crippen molar-refractivity contribution in [2.24, 2.45) is 5.10 Å². The monoisotopic (exact) mass is 299 g/mol. The fraction of sp³-hybridized carbons (Fsp3) is 0.312. The van der Waals surface area contributed by atoms with Crippen LogP contribution in [0.4, 0.5) is 11.6 Å². The Bertz CT molecular complexity index is 686. The van der Waals surface area contributed by atoms with Crippen molar-refractivity contribution in [3.8, 4) is 0 Å². The molecule has 2 rings (SSSR count). The minimum absolute atomic E-state index is 0.200. The van der Waals surface area contributed by atoms with Gasteiger partial charge in [0, 0.05) is 30.5 Å². The molecular formula is C16H21N5O. The predicted molar refractivity (Wildman–Crippen MR) is 90.8 cm³/mol. The Kier molecular flexibility index (Phi) is 5.30. The topological polar surface area (TPSA) is 73.4 Å². The van der Waals surface area contributed by atoms with E-state index in [0.717, 1.165) is 18.7 Å². The van der Waals surface area contributed by atoms with E-state index in [0.29, 0.717) is 11.6 Å². The molecule has 0 amide bonds. The minimum atomic E-state index is -0.200. The Morgan fingerprint density at radius 2 is 1.95 bits per heavy atom. The molecule has 1 aromatic heterocycles. The number of H-pyrrole nitrogens is 1. The van der Waals surface area contributed by atoms with Gasteiger partial charge in [-0.15, -0.1) is 0 Å². The van der Waals surface area contributed by atoms with Crippen LogP contribution in [0.15, 0.2) is 40.2 Å². The van der Waals surface area contributed by atoms with Crippen molar-refractivity contribution in [3.05, 3.63) is 51.9 Å². The van der Waals surface area contributed by atoms with Crippen molar-refractivity contribution >= 4 is 17.9 Å². The highest BCUT2D eigenvalue weighted by Crippen LogP contribution is 2.14. The van der Waals surface area contributed by atoms with Crippen LogP contribution >= 0.6 is 0 Å². The zero-order valence-electron chi connectivity index (χ0n) is 13.1. The van der Waals surface area contributed by atoms with E-state index < -0.39 is 0 Å². The first-order valence-electron chi connectivity index (χ1n) is 7.34. The van der Waals surface area contributed by atoms with Gasteiger partial charge in [-0.1, -0.05) is 12.1 Å². The molecule has 0 saturated heterocycles. The van der Waals surface area contributed by atoms with Crippen LogP contribution in [-0.4, -0.2) is 29.3 Å². The summed E-state index contributed by atoms with van der Waals surface area (Å²) in [4.78, 5) is 20.3. The second-order valence-corrected chi connectivity index (χ2v) is 4.87. The average molecular weight is 299 g/mol. The molecule has 0 radical (unpaired) electrons. The van der Waals surface area contributed by atoms with Gasteiger partial charge in [-0.2, -0.15) is 5.10 Å². The molecule has 0 spiro atoms. The van der Waals surface area contributed by atoms with Crippen LogP contribution in [-0.2, 0) is 0 Å². The van der Waals surface area contributed by atoms with Gasteiger partial charge in [0.25, 0.3) is 5.56 Å². The molecule has 2 aromatic rings. The summed E-state index contributed by atoms with van der Waals surface area (Å²) in [5, 5.41) is 4.09. The number of nitrogens with one attached hydrogen (secondary N) is 2. The Morgan fingerprint density at radius 1 is 1.27 bits per heavy atom. The highest BCUT2D eigenvalue weighted by Gasteiger charge is 2.00. The Hall–Kier alpha value is -2.63. The lowest BCUT2D eigenvalue weighted by Crippen LogP contribution is -2.21. The summed E-state index contributed by atoms with van der Waals surface area (Å²) >= 11 is 0. The van der Waals surface area contributed by atoms with Crippen molar-refractivity contribution in [1.29, 1.82) is 0 Å². The third kappa shape index (κ3) is 4.18. The SMILES string of the molecule is CCN(CC)c1ccc(/C=N/Nc2nc(C)cc(=O)[nH]2)cc1. The van der Waals surface area contributed by atoms with E-state index >= 15 is 0 Å². The van der Waals surface area contributed by atoms with Crippen molar-refractivity contribution in [2.45, 2.75) is 20.8 Å². The minimum Gasteiger partial charge on any atom is -0.372 e. The zero-order valence-corrected chi connectivity index (χ0v) is 13.1. The first kappa shape index (κ1) is 15.8. The van der Waals surface area contributed by atoms with E-state index in [4.69, 9.17) is 0 Å². The van der Waals surface area contributed by atoms with Crippen molar-refractivity contribution < 1.29 is 0 Å². The quantitative estimate of drug-likeness (QED) is 0.634. The molecule has 22 heavy (non-hydrogen) atoms. The largest absolute Gasteiger partial charge is 0.372 e. The molecule has 1 aromatic carbocycles. The maximum absolute atomic E-state index is 11.3. The van der Waals surface area contributed by atoms with E-state index in [2.05, 4.69) is 51.4 Å². The number of rotatable bonds is 6. The van der Waals surface area contributed by atoms with E-state index in [1.165, 1.54) is 11.8 Å². The van der Waals surface area contributed by atoms with E-state index in [1.54, 1.807) is 13.1 Å². The fourth-order valence-corrected chi connectivity index (χ4v) is 2.16. The number of nitrogens with zero attached hydrogens (tertiary/aromatic N) is 3. The van der Waals surface area contributed by atoms with Crippen LogP contribution in [0.3, 0.4) is 0 Å². The van der Waals surface area contributed by atoms with Gasteiger partial charge >= 0.3 is 0 Å². The van der Waals surface area contributed by atoms with Crippen LogP contribution in [0.25, 0.3) is 0 Å². The average Bonchev–Trinajstić information content (AvgIpc) is 2.49. The highest BCUT2D eigenvalue weighted by atomic mass is 16.1. The molecule has 6 heteroatoms. The van der Waals surface area contributed by atoms with Crippen LogP contribution in [0, 0.1) is 6.92 Å². The first-order valence-corrected chi connectivity index (χ1v) is 7.34. The number of hydrogen-bond acceptors (Lipinski definition) is 5. The number of aromatic nitrogens is 2. The van der Waals surface area contributed by atoms with E-state index in [1.807, 2.05) is 12.1 Å². The number of aromatic amines is 1. The number of hydrazone groups is 1. The van der Waals surface area contributed by atoms with E-state index in [9.17, 15) is 4.79 Å². The third-order valence-corrected chi connectivity index (χ3v) is 3.28. The third-order valence-electron chi connectivity index (χ3n) is 3.28. The molecule has 0 unspecified atom stereocenters. The Balaban J connectivity index is 2.02. The molecule has 6 nitrogen and oxygen atoms in total. The van der Waals surface area contributed by atoms with Crippen molar-refractivity contribution in [1.82, 2.24) is 9.97 Å². The number of benzene rings is 1. The number of anilines is 2. The molecule has 0 bridgehead atoms. The molecule has 0 atom stereocenters. The lowest BCUT2D eigenvalue weighted by molar-refractivity contribution is 0.866. The lowest BCUT2D eigenvalue weighted by atomic mass is 10.2. The molecule has 0 saturated carbocycles. The summed E-state index contributed by atoms with van der Waals surface area (Å²) < 4.78 is 0. The maximum Gasteiger partial charge on any atom is 0.252 e. The van der Waals surface area contributed by atoms with Crippen LogP contribution in [0.2, 0.25) is 0 Å². The second-order valence-electron chi connectivity index (χ2n) is 4.87. The van der Waals surface area contributed by atoms with Crippen molar-refractivity contribution in [3.63, 3.8) is 0 Å². The summed E-state index contributed by atoms with van der Waals surface area (Å²) in [5.41, 5.74) is 5.34. The fourth-order valence-electron chi connectivity index (χ4n) is 2.16. The summed E-state index contributed by atoms with van der Waals surface area (Å²) in [7, 11) is 0. The highest BCUT2D eigenvalue weighted by molar-refractivity contribution is 5.80. The Morgan fingerprint density at radius 3 is 2.55 bits per heavy atom. The van der Waals surface area contributed by atoms with Crippen molar-refractivity contribution in [2.75, 3.05) is 23.4 Å². The standard InChI is InChI=1S/C16H21N5O/c1-4-21(5-2)14-8-6-13(7-9-14)11-17-20-16-18-12(3)10-15(22)19-16/h6-11H,4-5H2,1-3H3,(H2,18,19,20,22)/b17-11+. The van der Waals surface area contributed by atoms with Gasteiger partial charge in [-0.25, -0.2) is 10.4 Å². The Labute approximate surface area is 129 Å². The van der Waals surface area contributed by atoms with Gasteiger partial charge in [0.2, 0.25) is 5.95 Å². The van der Waals surface area contributed by atoms with Crippen LogP contribution in [0.5, 0.6) is 0 Å². The van der Waals surface area contributed by atoms with Gasteiger partial charge < -0.3 is 4.90 Å². The van der Waals surface area contributed by atoms with Gasteiger partial charge in [-0.3, -0.25) is 9.78 Å². The molecule has 2 N–H and O–H groups in total. The molecule has 0 aliphatic heterocycles. The maximum atomic E-state index is 11.3. The van der Waals surface area contributed by atoms with Gasteiger partial charge in [0.05, 0.1) is 6.21 Å².